The molecule has 1 unspecified atom stereocenters. The lowest BCUT2D eigenvalue weighted by molar-refractivity contribution is 0.246. The topological polar surface area (TPSA) is 15.3 Å². The van der Waals surface area contributed by atoms with E-state index in [0.717, 1.165) is 6.54 Å². The second kappa shape index (κ2) is 10.1. The number of nitrogens with one attached hydrogen (secondary N) is 1. The van der Waals surface area contributed by atoms with E-state index in [-0.39, 0.29) is 34.0 Å². The molecule has 0 aliphatic heterocycles. The molecule has 1 aromatic carbocycles. The van der Waals surface area contributed by atoms with Gasteiger partial charge < -0.3 is 10.2 Å². The smallest absolute Gasteiger partial charge is 0.0446 e. The maximum atomic E-state index is 3.36. The van der Waals surface area contributed by atoms with E-state index in [9.17, 15) is 0 Å². The summed E-state index contributed by atoms with van der Waals surface area (Å²) in [6.45, 7) is 5.48. The van der Waals surface area contributed by atoms with Gasteiger partial charge in [-0.25, -0.2) is 0 Å². The average Bonchev–Trinajstić information content (AvgIpc) is 2.26. The molecule has 0 radical (unpaired) electrons. The van der Waals surface area contributed by atoms with Crippen molar-refractivity contribution in [3.05, 3.63) is 35.9 Å². The molecule has 4 heteroatoms. The summed E-state index contributed by atoms with van der Waals surface area (Å²) in [4.78, 5) is 2.36. The van der Waals surface area contributed by atoms with Gasteiger partial charge in [0.05, 0.1) is 0 Å². The molecule has 0 aliphatic carbocycles. The van der Waals surface area contributed by atoms with Gasteiger partial charge in [-0.15, -0.1) is 34.0 Å². The van der Waals surface area contributed by atoms with Crippen LogP contribution in [0.15, 0.2) is 30.3 Å². The Kier molecular flexibility index (Phi) is 11.5. The molecule has 0 heterocycles. The molecular formula is C13H24Br2N2. The summed E-state index contributed by atoms with van der Waals surface area (Å²) in [5.41, 5.74) is 1.35. The van der Waals surface area contributed by atoms with Crippen LogP contribution < -0.4 is 5.32 Å². The third-order valence-electron chi connectivity index (χ3n) is 2.90. The molecule has 17 heavy (non-hydrogen) atoms. The van der Waals surface area contributed by atoms with Crippen LogP contribution >= 0.6 is 34.0 Å². The van der Waals surface area contributed by atoms with E-state index in [1.807, 2.05) is 7.05 Å². The first-order chi connectivity index (χ1) is 7.15. The zero-order valence-corrected chi connectivity index (χ0v) is 14.4. The molecule has 0 spiro atoms. The van der Waals surface area contributed by atoms with Gasteiger partial charge in [0.1, 0.15) is 0 Å². The number of benzene rings is 1. The van der Waals surface area contributed by atoms with Gasteiger partial charge in [-0.3, -0.25) is 0 Å². The van der Waals surface area contributed by atoms with E-state index in [1.54, 1.807) is 0 Å². The van der Waals surface area contributed by atoms with E-state index in [0.29, 0.717) is 12.1 Å². The van der Waals surface area contributed by atoms with Gasteiger partial charge >= 0.3 is 0 Å². The zero-order valence-electron chi connectivity index (χ0n) is 11.0. The lowest BCUT2D eigenvalue weighted by Gasteiger charge is -2.27. The van der Waals surface area contributed by atoms with Crippen LogP contribution in [0.5, 0.6) is 0 Å². The summed E-state index contributed by atoms with van der Waals surface area (Å²) in [7, 11) is 4.18. The van der Waals surface area contributed by atoms with Crippen LogP contribution in [0.2, 0.25) is 0 Å². The molecule has 100 valence electrons. The predicted molar refractivity (Wildman–Crippen MR) is 86.7 cm³/mol. The Morgan fingerprint density at radius 3 is 2.06 bits per heavy atom. The van der Waals surface area contributed by atoms with Crippen molar-refractivity contribution in [3.8, 4) is 0 Å². The third kappa shape index (κ3) is 6.55. The fraction of sp³-hybridized carbons (Fsp3) is 0.538. The maximum absolute atomic E-state index is 3.36. The van der Waals surface area contributed by atoms with Crippen LogP contribution in [0.4, 0.5) is 0 Å². The van der Waals surface area contributed by atoms with Crippen LogP contribution in [-0.4, -0.2) is 31.6 Å². The quantitative estimate of drug-likeness (QED) is 0.857. The molecule has 0 saturated heterocycles. The highest BCUT2D eigenvalue weighted by atomic mass is 79.9. The fourth-order valence-corrected chi connectivity index (χ4v) is 1.55. The van der Waals surface area contributed by atoms with E-state index in [1.165, 1.54) is 5.56 Å². The number of likely N-dealkylation sites (N-methyl/N-ethyl adjacent to an activating group) is 2. The van der Waals surface area contributed by atoms with Crippen LogP contribution in [0.3, 0.4) is 0 Å². The Labute approximate surface area is 126 Å². The average molecular weight is 368 g/mol. The number of hydrogen-bond acceptors (Lipinski definition) is 2. The molecule has 0 saturated carbocycles. The van der Waals surface area contributed by atoms with Crippen molar-refractivity contribution in [2.75, 3.05) is 20.6 Å². The van der Waals surface area contributed by atoms with Gasteiger partial charge in [0.15, 0.2) is 0 Å². The molecule has 1 atom stereocenters. The minimum absolute atomic E-state index is 0. The van der Waals surface area contributed by atoms with Crippen molar-refractivity contribution in [2.45, 2.75) is 25.9 Å². The lowest BCUT2D eigenvalue weighted by atomic mass is 10.1. The van der Waals surface area contributed by atoms with Crippen molar-refractivity contribution < 1.29 is 0 Å². The molecule has 0 aliphatic rings. The molecule has 0 bridgehead atoms. The first kappa shape index (κ1) is 19.4. The van der Waals surface area contributed by atoms with Gasteiger partial charge in [-0.05, 0) is 33.5 Å². The van der Waals surface area contributed by atoms with Crippen molar-refractivity contribution in [3.63, 3.8) is 0 Å². The molecule has 0 aromatic heterocycles. The van der Waals surface area contributed by atoms with Gasteiger partial charge in [0.25, 0.3) is 0 Å². The van der Waals surface area contributed by atoms with Gasteiger partial charge in [0.2, 0.25) is 0 Å². The molecule has 0 amide bonds. The molecule has 0 fully saturated rings. The van der Waals surface area contributed by atoms with Crippen molar-refractivity contribution in [1.82, 2.24) is 10.2 Å². The van der Waals surface area contributed by atoms with E-state index >= 15 is 0 Å². The Morgan fingerprint density at radius 1 is 1.12 bits per heavy atom. The van der Waals surface area contributed by atoms with Crippen LogP contribution in [0.1, 0.15) is 25.5 Å². The van der Waals surface area contributed by atoms with Gasteiger partial charge in [-0.1, -0.05) is 30.3 Å². The van der Waals surface area contributed by atoms with Gasteiger partial charge in [0, 0.05) is 18.6 Å². The molecule has 1 N–H and O–H groups in total. The normalized spacial score (nSPS) is 11.9. The zero-order chi connectivity index (χ0) is 11.3. The highest BCUT2D eigenvalue weighted by Crippen LogP contribution is 2.13. The van der Waals surface area contributed by atoms with Crippen LogP contribution in [-0.2, 0) is 0 Å². The Morgan fingerprint density at radius 2 is 1.65 bits per heavy atom. The van der Waals surface area contributed by atoms with Crippen molar-refractivity contribution in [2.24, 2.45) is 0 Å². The highest BCUT2D eigenvalue weighted by Gasteiger charge is 2.12. The van der Waals surface area contributed by atoms with Crippen molar-refractivity contribution >= 4 is 34.0 Å². The summed E-state index contributed by atoms with van der Waals surface area (Å²) in [6, 6.07) is 11.6. The number of halogens is 2. The third-order valence-corrected chi connectivity index (χ3v) is 2.90. The van der Waals surface area contributed by atoms with E-state index < -0.39 is 0 Å². The molecule has 2 nitrogen and oxygen atoms in total. The SMILES string of the molecule is Br.Br.CNC(CN(C)C(C)C)c1ccccc1. The minimum atomic E-state index is 0. The number of rotatable bonds is 5. The lowest BCUT2D eigenvalue weighted by Crippen LogP contribution is -2.35. The highest BCUT2D eigenvalue weighted by molar-refractivity contribution is 8.93. The summed E-state index contributed by atoms with van der Waals surface area (Å²) >= 11 is 0. The minimum Gasteiger partial charge on any atom is -0.312 e. The fourth-order valence-electron chi connectivity index (χ4n) is 1.55. The largest absolute Gasteiger partial charge is 0.312 e. The van der Waals surface area contributed by atoms with Crippen molar-refractivity contribution in [1.29, 1.82) is 0 Å². The Balaban J connectivity index is 0. The standard InChI is InChI=1S/C13H22N2.2BrH/c1-11(2)15(4)10-13(14-3)12-8-6-5-7-9-12;;/h5-9,11,13-14H,10H2,1-4H3;2*1H. The molecule has 1 aromatic rings. The summed E-state index contributed by atoms with van der Waals surface area (Å²) in [5, 5.41) is 3.36. The molecular weight excluding hydrogens is 344 g/mol. The first-order valence-corrected chi connectivity index (χ1v) is 5.57. The van der Waals surface area contributed by atoms with Crippen LogP contribution in [0, 0.1) is 0 Å². The summed E-state index contributed by atoms with van der Waals surface area (Å²) < 4.78 is 0. The second-order valence-corrected chi connectivity index (χ2v) is 4.29. The van der Waals surface area contributed by atoms with E-state index in [4.69, 9.17) is 0 Å². The summed E-state index contributed by atoms with van der Waals surface area (Å²) in [5.74, 6) is 0. The first-order valence-electron chi connectivity index (χ1n) is 5.57. The number of nitrogens with zero attached hydrogens (tertiary/aromatic N) is 1. The Hall–Kier alpha value is 0.1000. The number of hydrogen-bond donors (Lipinski definition) is 1. The van der Waals surface area contributed by atoms with Crippen LogP contribution in [0.25, 0.3) is 0 Å². The molecule has 1 rings (SSSR count). The maximum Gasteiger partial charge on any atom is 0.0446 e. The van der Waals surface area contributed by atoms with Gasteiger partial charge in [-0.2, -0.15) is 0 Å². The Bertz CT molecular complexity index is 278. The second-order valence-electron chi connectivity index (χ2n) is 4.29. The summed E-state index contributed by atoms with van der Waals surface area (Å²) in [6.07, 6.45) is 0. The monoisotopic (exact) mass is 366 g/mol. The predicted octanol–water partition coefficient (Wildman–Crippen LogP) is 3.44. The van der Waals surface area contributed by atoms with E-state index in [2.05, 4.69) is 61.4 Å².